The summed E-state index contributed by atoms with van der Waals surface area (Å²) in [5.74, 6) is 0. The van der Waals surface area contributed by atoms with Gasteiger partial charge in [-0.3, -0.25) is 0 Å². The van der Waals surface area contributed by atoms with Gasteiger partial charge in [0.15, 0.2) is 0 Å². The molecule has 0 aliphatic rings. The van der Waals surface area contributed by atoms with Crippen LogP contribution in [0.15, 0.2) is 35.2 Å². The highest BCUT2D eigenvalue weighted by atomic mass is 32.2. The monoisotopic (exact) mass is 140 g/mol. The van der Waals surface area contributed by atoms with Gasteiger partial charge in [-0.2, -0.15) is 0 Å². The maximum absolute atomic E-state index is 2.10. The lowest BCUT2D eigenvalue weighted by atomic mass is 10.4. The summed E-state index contributed by atoms with van der Waals surface area (Å²) in [6.45, 7) is 0. The van der Waals surface area contributed by atoms with Gasteiger partial charge in [0.1, 0.15) is 0 Å². The van der Waals surface area contributed by atoms with Gasteiger partial charge in [0.05, 0.1) is 0 Å². The van der Waals surface area contributed by atoms with E-state index in [1.165, 1.54) is 4.90 Å². The molecule has 1 aromatic rings. The second-order valence-electron chi connectivity index (χ2n) is 1.52. The molecule has 0 saturated heterocycles. The Hall–Kier alpha value is -0.430. The molecule has 0 N–H and O–H groups in total. The van der Waals surface area contributed by atoms with Crippen LogP contribution in [0.4, 0.5) is 0 Å². The largest absolute Gasteiger partial charge is 0.130 e. The molecular formula is C8H12S. The van der Waals surface area contributed by atoms with E-state index < -0.39 is 0 Å². The van der Waals surface area contributed by atoms with Crippen LogP contribution in [0.1, 0.15) is 7.43 Å². The number of hydrogen-bond donors (Lipinski definition) is 0. The summed E-state index contributed by atoms with van der Waals surface area (Å²) in [7, 11) is 0. The van der Waals surface area contributed by atoms with E-state index >= 15 is 0 Å². The van der Waals surface area contributed by atoms with Crippen molar-refractivity contribution in [2.24, 2.45) is 0 Å². The maximum atomic E-state index is 2.10. The molecule has 0 unspecified atom stereocenters. The van der Waals surface area contributed by atoms with E-state index in [-0.39, 0.29) is 7.43 Å². The van der Waals surface area contributed by atoms with E-state index in [2.05, 4.69) is 18.4 Å². The Morgan fingerprint density at radius 3 is 2.00 bits per heavy atom. The first-order chi connectivity index (χ1) is 3.93. The van der Waals surface area contributed by atoms with Gasteiger partial charge in [0.2, 0.25) is 0 Å². The third kappa shape index (κ3) is 2.56. The summed E-state index contributed by atoms with van der Waals surface area (Å²) in [5.41, 5.74) is 0. The highest BCUT2D eigenvalue weighted by Gasteiger charge is 1.80. The quantitative estimate of drug-likeness (QED) is 0.540. The van der Waals surface area contributed by atoms with Crippen molar-refractivity contribution in [3.63, 3.8) is 0 Å². The SMILES string of the molecule is C.CSc1ccccc1. The average molecular weight is 140 g/mol. The van der Waals surface area contributed by atoms with Gasteiger partial charge in [0.25, 0.3) is 0 Å². The van der Waals surface area contributed by atoms with Crippen LogP contribution in [0.3, 0.4) is 0 Å². The molecule has 50 valence electrons. The van der Waals surface area contributed by atoms with Crippen LogP contribution in [-0.4, -0.2) is 6.26 Å². The zero-order valence-corrected chi connectivity index (χ0v) is 5.61. The molecule has 0 aromatic heterocycles. The van der Waals surface area contributed by atoms with Gasteiger partial charge in [-0.05, 0) is 18.4 Å². The number of thioether (sulfide) groups is 1. The third-order valence-corrected chi connectivity index (χ3v) is 1.72. The fraction of sp³-hybridized carbons (Fsp3) is 0.250. The number of hydrogen-bond acceptors (Lipinski definition) is 1. The predicted octanol–water partition coefficient (Wildman–Crippen LogP) is 3.04. The molecule has 1 heteroatoms. The summed E-state index contributed by atoms with van der Waals surface area (Å²) < 4.78 is 0. The van der Waals surface area contributed by atoms with Gasteiger partial charge in [-0.25, -0.2) is 0 Å². The van der Waals surface area contributed by atoms with Gasteiger partial charge in [0, 0.05) is 4.90 Å². The van der Waals surface area contributed by atoms with Gasteiger partial charge in [-0.1, -0.05) is 25.6 Å². The van der Waals surface area contributed by atoms with Crippen LogP contribution in [0.2, 0.25) is 0 Å². The Bertz CT molecular complexity index is 146. The minimum atomic E-state index is 0. The van der Waals surface area contributed by atoms with Crippen molar-refractivity contribution in [3.8, 4) is 0 Å². The smallest absolute Gasteiger partial charge is 0.00691 e. The Labute approximate surface area is 61.3 Å². The normalized spacial score (nSPS) is 8.11. The number of rotatable bonds is 1. The summed E-state index contributed by atoms with van der Waals surface area (Å²) in [6, 6.07) is 10.3. The van der Waals surface area contributed by atoms with Crippen molar-refractivity contribution in [2.45, 2.75) is 12.3 Å². The van der Waals surface area contributed by atoms with Crippen molar-refractivity contribution in [2.75, 3.05) is 6.26 Å². The van der Waals surface area contributed by atoms with Crippen molar-refractivity contribution in [1.82, 2.24) is 0 Å². The zero-order chi connectivity index (χ0) is 5.82. The molecule has 0 amide bonds. The Balaban J connectivity index is 0.000000640. The molecule has 0 spiro atoms. The molecular weight excluding hydrogens is 128 g/mol. The first kappa shape index (κ1) is 8.57. The first-order valence-electron chi connectivity index (χ1n) is 2.52. The van der Waals surface area contributed by atoms with Crippen LogP contribution in [0.5, 0.6) is 0 Å². The topological polar surface area (TPSA) is 0 Å². The van der Waals surface area contributed by atoms with E-state index in [0.29, 0.717) is 0 Å². The lowest BCUT2D eigenvalue weighted by molar-refractivity contribution is 1.47. The highest BCUT2D eigenvalue weighted by Crippen LogP contribution is 2.11. The summed E-state index contributed by atoms with van der Waals surface area (Å²) in [4.78, 5) is 1.33. The fourth-order valence-electron chi connectivity index (χ4n) is 0.557. The van der Waals surface area contributed by atoms with Gasteiger partial charge < -0.3 is 0 Å². The standard InChI is InChI=1S/C7H8S.CH4/c1-8-7-5-3-2-4-6-7;/h2-6H,1H3;1H4. The Kier molecular flexibility index (Phi) is 4.24. The molecule has 0 radical (unpaired) electrons. The van der Waals surface area contributed by atoms with Crippen molar-refractivity contribution < 1.29 is 0 Å². The van der Waals surface area contributed by atoms with Gasteiger partial charge in [-0.15, -0.1) is 11.8 Å². The second-order valence-corrected chi connectivity index (χ2v) is 2.40. The van der Waals surface area contributed by atoms with Crippen LogP contribution in [0.25, 0.3) is 0 Å². The molecule has 0 fully saturated rings. The lowest BCUT2D eigenvalue weighted by Gasteiger charge is -1.89. The van der Waals surface area contributed by atoms with E-state index in [1.54, 1.807) is 11.8 Å². The Morgan fingerprint density at radius 1 is 1.11 bits per heavy atom. The van der Waals surface area contributed by atoms with E-state index in [4.69, 9.17) is 0 Å². The summed E-state index contributed by atoms with van der Waals surface area (Å²) in [6.07, 6.45) is 2.08. The predicted molar refractivity (Wildman–Crippen MR) is 45.0 cm³/mol. The van der Waals surface area contributed by atoms with Crippen LogP contribution >= 0.6 is 11.8 Å². The summed E-state index contributed by atoms with van der Waals surface area (Å²) in [5, 5.41) is 0. The van der Waals surface area contributed by atoms with Gasteiger partial charge >= 0.3 is 0 Å². The first-order valence-corrected chi connectivity index (χ1v) is 3.75. The van der Waals surface area contributed by atoms with Crippen molar-refractivity contribution in [1.29, 1.82) is 0 Å². The van der Waals surface area contributed by atoms with Crippen molar-refractivity contribution in [3.05, 3.63) is 30.3 Å². The minimum absolute atomic E-state index is 0. The molecule has 0 saturated carbocycles. The maximum Gasteiger partial charge on any atom is 0.00691 e. The average Bonchev–Trinajstić information content (AvgIpc) is 1.90. The third-order valence-electron chi connectivity index (χ3n) is 0.979. The lowest BCUT2D eigenvalue weighted by Crippen LogP contribution is -1.62. The molecule has 0 aliphatic carbocycles. The molecule has 0 aliphatic heterocycles. The molecule has 1 aromatic carbocycles. The molecule has 0 atom stereocenters. The highest BCUT2D eigenvalue weighted by molar-refractivity contribution is 7.98. The molecule has 0 nitrogen and oxygen atoms in total. The minimum Gasteiger partial charge on any atom is -0.130 e. The molecule has 0 heterocycles. The van der Waals surface area contributed by atoms with E-state index in [9.17, 15) is 0 Å². The zero-order valence-electron chi connectivity index (χ0n) is 4.79. The molecule has 1 rings (SSSR count). The number of benzene rings is 1. The van der Waals surface area contributed by atoms with Crippen LogP contribution in [-0.2, 0) is 0 Å². The second kappa shape index (κ2) is 4.45. The molecule has 0 bridgehead atoms. The Morgan fingerprint density at radius 2 is 1.67 bits per heavy atom. The van der Waals surface area contributed by atoms with E-state index in [1.807, 2.05) is 18.2 Å². The van der Waals surface area contributed by atoms with Crippen LogP contribution < -0.4 is 0 Å². The fourth-order valence-corrected chi connectivity index (χ4v) is 0.986. The van der Waals surface area contributed by atoms with Crippen LogP contribution in [0, 0.1) is 0 Å². The summed E-state index contributed by atoms with van der Waals surface area (Å²) >= 11 is 1.77. The molecule has 9 heavy (non-hydrogen) atoms. The van der Waals surface area contributed by atoms with E-state index in [0.717, 1.165) is 0 Å². The van der Waals surface area contributed by atoms with Crippen molar-refractivity contribution >= 4 is 11.8 Å².